The van der Waals surface area contributed by atoms with Crippen molar-refractivity contribution in [1.82, 2.24) is 19.9 Å². The monoisotopic (exact) mass is 443 g/mol. The number of rotatable bonds is 5. The fourth-order valence-corrected chi connectivity index (χ4v) is 4.09. The lowest BCUT2D eigenvalue weighted by atomic mass is 9.88. The van der Waals surface area contributed by atoms with Gasteiger partial charge in [0.15, 0.2) is 5.69 Å². The van der Waals surface area contributed by atoms with Crippen molar-refractivity contribution >= 4 is 28.3 Å². The average molecular weight is 443 g/mol. The van der Waals surface area contributed by atoms with E-state index in [1.165, 1.54) is 11.8 Å². The molecule has 1 unspecified atom stereocenters. The standard InChI is InChI=1S/C21H19F2N5O2S/c1-21(22,23)14-9-13(10-24-11-14)18(29)26-20-17(27-28-31-20)19(30)25-16-8-4-6-12-5-2-3-7-15(12)16/h2-3,5,7,9-11,16H,4,6,8H2,1H3,(H,25,30)(H,26,29). The SMILES string of the molecule is CC(F)(F)c1cncc(C(=O)Nc2snnc2C(=O)NC2CCCc3ccccc32)c1. The Morgan fingerprint density at radius 1 is 1.19 bits per heavy atom. The zero-order valence-electron chi connectivity index (χ0n) is 16.6. The molecule has 10 heteroatoms. The summed E-state index contributed by atoms with van der Waals surface area (Å²) in [5.74, 6) is -4.27. The van der Waals surface area contributed by atoms with E-state index in [1.54, 1.807) is 0 Å². The molecule has 3 aromatic rings. The highest BCUT2D eigenvalue weighted by Gasteiger charge is 2.27. The van der Waals surface area contributed by atoms with Gasteiger partial charge in [-0.1, -0.05) is 28.8 Å². The van der Waals surface area contributed by atoms with Crippen LogP contribution in [0.3, 0.4) is 0 Å². The molecule has 1 aromatic carbocycles. The molecule has 2 N–H and O–H groups in total. The number of hydrogen-bond donors (Lipinski definition) is 2. The molecule has 2 aromatic heterocycles. The minimum absolute atomic E-state index is 0.0219. The lowest BCUT2D eigenvalue weighted by molar-refractivity contribution is 0.0171. The predicted molar refractivity (Wildman–Crippen MR) is 111 cm³/mol. The number of carbonyl (C=O) groups excluding carboxylic acids is 2. The molecule has 7 nitrogen and oxygen atoms in total. The van der Waals surface area contributed by atoms with E-state index < -0.39 is 17.7 Å². The van der Waals surface area contributed by atoms with E-state index in [0.29, 0.717) is 0 Å². The van der Waals surface area contributed by atoms with E-state index >= 15 is 0 Å². The molecule has 2 heterocycles. The molecule has 4 rings (SSSR count). The Bertz CT molecular complexity index is 1130. The third kappa shape index (κ3) is 4.58. The number of pyridine rings is 1. The van der Waals surface area contributed by atoms with Gasteiger partial charge in [-0.15, -0.1) is 5.10 Å². The molecule has 0 bridgehead atoms. The van der Waals surface area contributed by atoms with Crippen molar-refractivity contribution in [3.63, 3.8) is 0 Å². The van der Waals surface area contributed by atoms with Crippen molar-refractivity contribution in [2.75, 3.05) is 5.32 Å². The summed E-state index contributed by atoms with van der Waals surface area (Å²) in [4.78, 5) is 29.1. The summed E-state index contributed by atoms with van der Waals surface area (Å²) in [7, 11) is 0. The van der Waals surface area contributed by atoms with Gasteiger partial charge in [-0.2, -0.15) is 0 Å². The number of anilines is 1. The number of alkyl halides is 2. The van der Waals surface area contributed by atoms with Gasteiger partial charge in [0.25, 0.3) is 17.7 Å². The van der Waals surface area contributed by atoms with Gasteiger partial charge in [0.05, 0.1) is 11.6 Å². The molecule has 0 spiro atoms. The number of amides is 2. The maximum Gasteiger partial charge on any atom is 0.275 e. The molecule has 0 saturated carbocycles. The Labute approximate surface area is 181 Å². The summed E-state index contributed by atoms with van der Waals surface area (Å²) in [5.41, 5.74) is 1.81. The second-order valence-electron chi connectivity index (χ2n) is 7.37. The first-order chi connectivity index (χ1) is 14.8. The minimum atomic E-state index is -3.13. The van der Waals surface area contributed by atoms with E-state index in [2.05, 4.69) is 25.2 Å². The molecule has 1 aliphatic carbocycles. The quantitative estimate of drug-likeness (QED) is 0.619. The maximum atomic E-state index is 13.5. The summed E-state index contributed by atoms with van der Waals surface area (Å²) >= 11 is 0.836. The highest BCUT2D eigenvalue weighted by molar-refractivity contribution is 7.10. The molecule has 0 fully saturated rings. The first-order valence-electron chi connectivity index (χ1n) is 9.68. The van der Waals surface area contributed by atoms with Crippen LogP contribution in [0.4, 0.5) is 13.8 Å². The van der Waals surface area contributed by atoms with E-state index in [0.717, 1.165) is 55.5 Å². The Balaban J connectivity index is 1.50. The van der Waals surface area contributed by atoms with Crippen molar-refractivity contribution in [2.24, 2.45) is 0 Å². The number of nitrogens with zero attached hydrogens (tertiary/aromatic N) is 3. The molecule has 31 heavy (non-hydrogen) atoms. The summed E-state index contributed by atoms with van der Waals surface area (Å²) in [5, 5.41) is 9.48. The third-order valence-electron chi connectivity index (χ3n) is 5.11. The Kier molecular flexibility index (Phi) is 5.73. The minimum Gasteiger partial charge on any atom is -0.344 e. The third-order valence-corrected chi connectivity index (χ3v) is 5.75. The highest BCUT2D eigenvalue weighted by Crippen LogP contribution is 2.30. The van der Waals surface area contributed by atoms with Crippen molar-refractivity contribution in [3.8, 4) is 0 Å². The van der Waals surface area contributed by atoms with Crippen LogP contribution < -0.4 is 10.6 Å². The fourth-order valence-electron chi connectivity index (χ4n) is 3.53. The van der Waals surface area contributed by atoms with Gasteiger partial charge < -0.3 is 10.6 Å². The Hall–Kier alpha value is -3.27. The molecule has 1 atom stereocenters. The first kappa shape index (κ1) is 21.0. The summed E-state index contributed by atoms with van der Waals surface area (Å²) in [6.45, 7) is 0.727. The number of fused-ring (bicyclic) bond motifs is 1. The number of aromatic nitrogens is 3. The second kappa shape index (κ2) is 8.46. The van der Waals surface area contributed by atoms with Gasteiger partial charge in [0, 0.05) is 36.4 Å². The lowest BCUT2D eigenvalue weighted by Gasteiger charge is -2.26. The molecule has 0 aliphatic heterocycles. The lowest BCUT2D eigenvalue weighted by Crippen LogP contribution is -2.31. The van der Waals surface area contributed by atoms with Crippen molar-refractivity contribution in [1.29, 1.82) is 0 Å². The first-order valence-corrected chi connectivity index (χ1v) is 10.5. The molecular formula is C21H19F2N5O2S. The Morgan fingerprint density at radius 2 is 2.00 bits per heavy atom. The zero-order valence-corrected chi connectivity index (χ0v) is 17.4. The molecule has 0 radical (unpaired) electrons. The summed E-state index contributed by atoms with van der Waals surface area (Å²) in [6.07, 6.45) is 4.90. The molecule has 1 aliphatic rings. The van der Waals surface area contributed by atoms with Gasteiger partial charge >= 0.3 is 0 Å². The van der Waals surface area contributed by atoms with Crippen LogP contribution >= 0.6 is 11.5 Å². The number of hydrogen-bond acceptors (Lipinski definition) is 6. The van der Waals surface area contributed by atoms with Crippen molar-refractivity contribution in [2.45, 2.75) is 38.2 Å². The van der Waals surface area contributed by atoms with Gasteiger partial charge in [-0.05, 0) is 36.5 Å². The Morgan fingerprint density at radius 3 is 2.81 bits per heavy atom. The number of halogens is 2. The average Bonchev–Trinajstić information content (AvgIpc) is 3.22. The second-order valence-corrected chi connectivity index (χ2v) is 8.13. The van der Waals surface area contributed by atoms with Crippen LogP contribution in [0.25, 0.3) is 0 Å². The van der Waals surface area contributed by atoms with E-state index in [1.807, 2.05) is 24.3 Å². The number of carbonyl (C=O) groups is 2. The summed E-state index contributed by atoms with van der Waals surface area (Å²) in [6, 6.07) is 8.85. The largest absolute Gasteiger partial charge is 0.344 e. The van der Waals surface area contributed by atoms with Crippen molar-refractivity contribution in [3.05, 3.63) is 70.7 Å². The molecule has 2 amide bonds. The summed E-state index contributed by atoms with van der Waals surface area (Å²) < 4.78 is 30.8. The number of aryl methyl sites for hydroxylation is 1. The van der Waals surface area contributed by atoms with Crippen LogP contribution in [0.2, 0.25) is 0 Å². The predicted octanol–water partition coefficient (Wildman–Crippen LogP) is 4.10. The van der Waals surface area contributed by atoms with E-state index in [4.69, 9.17) is 0 Å². The van der Waals surface area contributed by atoms with Crippen LogP contribution in [0, 0.1) is 0 Å². The van der Waals surface area contributed by atoms with E-state index in [-0.39, 0.29) is 27.9 Å². The van der Waals surface area contributed by atoms with Crippen LogP contribution in [0.15, 0.2) is 42.7 Å². The van der Waals surface area contributed by atoms with Crippen molar-refractivity contribution < 1.29 is 18.4 Å². The zero-order chi connectivity index (χ0) is 22.0. The van der Waals surface area contributed by atoms with Gasteiger partial charge in [0.1, 0.15) is 5.00 Å². The molecule has 0 saturated heterocycles. The number of benzene rings is 1. The highest BCUT2D eigenvalue weighted by atomic mass is 32.1. The van der Waals surface area contributed by atoms with Crippen LogP contribution in [-0.2, 0) is 12.3 Å². The van der Waals surface area contributed by atoms with Crippen LogP contribution in [0.5, 0.6) is 0 Å². The van der Waals surface area contributed by atoms with Gasteiger partial charge in [-0.3, -0.25) is 14.6 Å². The number of nitrogens with one attached hydrogen (secondary N) is 2. The van der Waals surface area contributed by atoms with Gasteiger partial charge in [-0.25, -0.2) is 8.78 Å². The maximum absolute atomic E-state index is 13.5. The van der Waals surface area contributed by atoms with Crippen LogP contribution in [-0.4, -0.2) is 26.4 Å². The normalized spacial score (nSPS) is 15.8. The van der Waals surface area contributed by atoms with Gasteiger partial charge in [0.2, 0.25) is 0 Å². The van der Waals surface area contributed by atoms with E-state index in [9.17, 15) is 18.4 Å². The molecule has 160 valence electrons. The van der Waals surface area contributed by atoms with Crippen LogP contribution in [0.1, 0.15) is 63.3 Å². The fraction of sp³-hybridized carbons (Fsp3) is 0.286. The smallest absolute Gasteiger partial charge is 0.275 e. The molecular weight excluding hydrogens is 424 g/mol. The topological polar surface area (TPSA) is 96.9 Å².